The van der Waals surface area contributed by atoms with Crippen LogP contribution in [0.25, 0.3) is 0 Å². The molecule has 1 saturated heterocycles. The Bertz CT molecular complexity index is 884. The predicted molar refractivity (Wildman–Crippen MR) is 105 cm³/mol. The van der Waals surface area contributed by atoms with Gasteiger partial charge in [-0.05, 0) is 36.0 Å². The summed E-state index contributed by atoms with van der Waals surface area (Å²) in [5.74, 6) is -1.51. The van der Waals surface area contributed by atoms with E-state index in [9.17, 15) is 14.4 Å². The van der Waals surface area contributed by atoms with Gasteiger partial charge in [0.15, 0.2) is 0 Å². The molecular formula is C21H24N4O3. The fraction of sp³-hybridized carbons (Fsp3) is 0.333. The van der Waals surface area contributed by atoms with Crippen LogP contribution in [-0.2, 0) is 9.59 Å². The fourth-order valence-corrected chi connectivity index (χ4v) is 3.54. The lowest BCUT2D eigenvalue weighted by molar-refractivity contribution is -0.147. The molecule has 3 N–H and O–H groups in total. The average Bonchev–Trinajstić information content (AvgIpc) is 2.70. The van der Waals surface area contributed by atoms with Crippen molar-refractivity contribution in [3.63, 3.8) is 0 Å². The lowest BCUT2D eigenvalue weighted by Crippen LogP contribution is -2.48. The Morgan fingerprint density at radius 1 is 1.07 bits per heavy atom. The van der Waals surface area contributed by atoms with Gasteiger partial charge in [-0.3, -0.25) is 14.4 Å². The van der Waals surface area contributed by atoms with E-state index in [1.54, 1.807) is 4.90 Å². The van der Waals surface area contributed by atoms with Crippen LogP contribution in [0.5, 0.6) is 0 Å². The number of piperidine rings is 1. The minimum Gasteiger partial charge on any atom is -0.365 e. The van der Waals surface area contributed by atoms with Crippen LogP contribution in [0.4, 0.5) is 5.82 Å². The maximum Gasteiger partial charge on any atom is 0.315 e. The molecule has 0 bridgehead atoms. The van der Waals surface area contributed by atoms with Crippen LogP contribution in [0.3, 0.4) is 0 Å². The zero-order valence-electron chi connectivity index (χ0n) is 16.0. The van der Waals surface area contributed by atoms with Crippen molar-refractivity contribution in [3.05, 3.63) is 59.8 Å². The lowest BCUT2D eigenvalue weighted by atomic mass is 9.82. The number of hydrogen-bond acceptors (Lipinski definition) is 4. The van der Waals surface area contributed by atoms with E-state index < -0.39 is 17.7 Å². The third kappa shape index (κ3) is 4.03. The number of primary amides is 1. The van der Waals surface area contributed by atoms with Crippen LogP contribution < -0.4 is 11.1 Å². The van der Waals surface area contributed by atoms with E-state index in [1.807, 2.05) is 30.3 Å². The Hall–Kier alpha value is -3.22. The van der Waals surface area contributed by atoms with Crippen molar-refractivity contribution in [2.75, 3.05) is 11.9 Å². The highest BCUT2D eigenvalue weighted by molar-refractivity contribution is 6.39. The van der Waals surface area contributed by atoms with Gasteiger partial charge in [-0.2, -0.15) is 0 Å². The van der Waals surface area contributed by atoms with Crippen LogP contribution in [-0.4, -0.2) is 34.2 Å². The van der Waals surface area contributed by atoms with Crippen molar-refractivity contribution < 1.29 is 14.4 Å². The van der Waals surface area contributed by atoms with Crippen molar-refractivity contribution in [2.24, 2.45) is 17.6 Å². The lowest BCUT2D eigenvalue weighted by Gasteiger charge is -2.42. The number of pyridine rings is 1. The van der Waals surface area contributed by atoms with Crippen LogP contribution >= 0.6 is 0 Å². The number of likely N-dealkylation sites (tertiary alicyclic amines) is 1. The standard InChI is InChI=1S/C21H24N4O3/c1-13-11-17(15-7-4-3-5-8-15)25(12-14(13)2)21(28)20(27)24-19-16(18(22)26)9-6-10-23-19/h3-10,13-14,17H,11-12H2,1-2H3,(H2,22,26)(H,23,24,27)/t13-,14-,17-/m1/s1. The summed E-state index contributed by atoms with van der Waals surface area (Å²) in [4.78, 5) is 42.8. The topological polar surface area (TPSA) is 105 Å². The number of rotatable bonds is 3. The first kappa shape index (κ1) is 19.5. The highest BCUT2D eigenvalue weighted by atomic mass is 16.2. The maximum atomic E-state index is 13.0. The quantitative estimate of drug-likeness (QED) is 0.797. The molecule has 0 unspecified atom stereocenters. The molecular weight excluding hydrogens is 356 g/mol. The van der Waals surface area contributed by atoms with Crippen LogP contribution in [0.2, 0.25) is 0 Å². The van der Waals surface area contributed by atoms with Crippen LogP contribution in [0, 0.1) is 11.8 Å². The van der Waals surface area contributed by atoms with Crippen molar-refractivity contribution in [2.45, 2.75) is 26.3 Å². The third-order valence-corrected chi connectivity index (χ3v) is 5.37. The third-order valence-electron chi connectivity index (χ3n) is 5.37. The minimum atomic E-state index is -0.830. The molecule has 0 spiro atoms. The van der Waals surface area contributed by atoms with E-state index in [2.05, 4.69) is 24.1 Å². The Morgan fingerprint density at radius 2 is 1.79 bits per heavy atom. The Balaban J connectivity index is 1.84. The number of amides is 3. The number of nitrogens with two attached hydrogens (primary N) is 1. The van der Waals surface area contributed by atoms with Crippen LogP contribution in [0.1, 0.15) is 42.2 Å². The number of anilines is 1. The van der Waals surface area contributed by atoms with E-state index in [0.29, 0.717) is 12.5 Å². The monoisotopic (exact) mass is 380 g/mol. The highest BCUT2D eigenvalue weighted by Crippen LogP contribution is 2.36. The molecule has 1 aliphatic rings. The number of hydrogen-bond donors (Lipinski definition) is 2. The highest BCUT2D eigenvalue weighted by Gasteiger charge is 2.37. The van der Waals surface area contributed by atoms with Crippen molar-refractivity contribution >= 4 is 23.5 Å². The van der Waals surface area contributed by atoms with Gasteiger partial charge in [-0.15, -0.1) is 0 Å². The average molecular weight is 380 g/mol. The molecule has 0 aliphatic carbocycles. The number of carbonyl (C=O) groups excluding carboxylic acids is 3. The summed E-state index contributed by atoms with van der Waals surface area (Å²) in [5, 5.41) is 2.44. The molecule has 1 fully saturated rings. The summed E-state index contributed by atoms with van der Waals surface area (Å²) in [6.45, 7) is 4.72. The van der Waals surface area contributed by atoms with Crippen LogP contribution in [0.15, 0.2) is 48.7 Å². The number of aromatic nitrogens is 1. The molecule has 1 aromatic carbocycles. The molecule has 3 rings (SSSR count). The SMILES string of the molecule is C[C@@H]1C[C@H](c2ccccc2)N(C(=O)C(=O)Nc2ncccc2C(N)=O)C[C@H]1C. The second-order valence-electron chi connectivity index (χ2n) is 7.29. The van der Waals surface area contributed by atoms with E-state index >= 15 is 0 Å². The number of nitrogens with one attached hydrogen (secondary N) is 1. The molecule has 1 aliphatic heterocycles. The van der Waals surface area contributed by atoms with Crippen molar-refractivity contribution in [3.8, 4) is 0 Å². The molecule has 7 heteroatoms. The molecule has 1 aromatic heterocycles. The largest absolute Gasteiger partial charge is 0.365 e. The first-order valence-corrected chi connectivity index (χ1v) is 9.30. The molecule has 2 heterocycles. The van der Waals surface area contributed by atoms with Gasteiger partial charge in [0.05, 0.1) is 11.6 Å². The molecule has 0 radical (unpaired) electrons. The Kier molecular flexibility index (Phi) is 5.73. The fourth-order valence-electron chi connectivity index (χ4n) is 3.54. The summed E-state index contributed by atoms with van der Waals surface area (Å²) < 4.78 is 0. The molecule has 28 heavy (non-hydrogen) atoms. The zero-order valence-corrected chi connectivity index (χ0v) is 16.0. The maximum absolute atomic E-state index is 13.0. The number of nitrogens with zero attached hydrogens (tertiary/aromatic N) is 2. The molecule has 7 nitrogen and oxygen atoms in total. The zero-order chi connectivity index (χ0) is 20.3. The summed E-state index contributed by atoms with van der Waals surface area (Å²) >= 11 is 0. The normalized spacial score (nSPS) is 21.8. The van der Waals surface area contributed by atoms with Gasteiger partial charge in [-0.1, -0.05) is 44.2 Å². The van der Waals surface area contributed by atoms with E-state index in [1.165, 1.54) is 18.3 Å². The van der Waals surface area contributed by atoms with Crippen molar-refractivity contribution in [1.82, 2.24) is 9.88 Å². The molecule has 3 amide bonds. The molecule has 146 valence electrons. The molecule has 0 saturated carbocycles. The number of carbonyl (C=O) groups is 3. The summed E-state index contributed by atoms with van der Waals surface area (Å²) in [5.41, 5.74) is 6.37. The van der Waals surface area contributed by atoms with Crippen molar-refractivity contribution in [1.29, 1.82) is 0 Å². The van der Waals surface area contributed by atoms with Gasteiger partial charge in [0.2, 0.25) is 0 Å². The minimum absolute atomic E-state index is 0.0111. The van der Waals surface area contributed by atoms with Gasteiger partial charge < -0.3 is 16.0 Å². The summed E-state index contributed by atoms with van der Waals surface area (Å²) in [7, 11) is 0. The Labute approximate surface area is 163 Å². The number of benzene rings is 1. The summed E-state index contributed by atoms with van der Waals surface area (Å²) in [6.07, 6.45) is 2.20. The predicted octanol–water partition coefficient (Wildman–Crippen LogP) is 2.36. The Morgan fingerprint density at radius 3 is 2.46 bits per heavy atom. The van der Waals surface area contributed by atoms with E-state index in [0.717, 1.165) is 12.0 Å². The van der Waals surface area contributed by atoms with E-state index in [-0.39, 0.29) is 23.3 Å². The van der Waals surface area contributed by atoms with E-state index in [4.69, 9.17) is 5.73 Å². The molecule has 2 aromatic rings. The first-order valence-electron chi connectivity index (χ1n) is 9.30. The van der Waals surface area contributed by atoms with Gasteiger partial charge in [-0.25, -0.2) is 4.98 Å². The van der Waals surface area contributed by atoms with Gasteiger partial charge in [0.1, 0.15) is 5.82 Å². The second-order valence-corrected chi connectivity index (χ2v) is 7.29. The summed E-state index contributed by atoms with van der Waals surface area (Å²) in [6, 6.07) is 12.5. The smallest absolute Gasteiger partial charge is 0.315 e. The molecule has 3 atom stereocenters. The van der Waals surface area contributed by atoms with Gasteiger partial charge in [0, 0.05) is 12.7 Å². The first-order chi connectivity index (χ1) is 13.4. The van der Waals surface area contributed by atoms with Gasteiger partial charge in [0.25, 0.3) is 5.91 Å². The second kappa shape index (κ2) is 8.21. The van der Waals surface area contributed by atoms with Gasteiger partial charge >= 0.3 is 11.8 Å².